The minimum absolute atomic E-state index is 0.0292. The van der Waals surface area contributed by atoms with Gasteiger partial charge in [0.2, 0.25) is 0 Å². The van der Waals surface area contributed by atoms with E-state index in [2.05, 4.69) is 15.1 Å². The fourth-order valence-corrected chi connectivity index (χ4v) is 1.31. The Labute approximate surface area is 77.4 Å². The van der Waals surface area contributed by atoms with Crippen LogP contribution in [0.4, 0.5) is 4.39 Å². The fourth-order valence-electron chi connectivity index (χ4n) is 0.889. The summed E-state index contributed by atoms with van der Waals surface area (Å²) in [5.41, 5.74) is 0.0292. The first-order chi connectivity index (χ1) is 6.48. The van der Waals surface area contributed by atoms with Crippen molar-refractivity contribution in [2.75, 3.05) is 0 Å². The smallest absolute Gasteiger partial charge is 0.222 e. The molecule has 0 aliphatic carbocycles. The van der Waals surface area contributed by atoms with Gasteiger partial charge in [0.25, 0.3) is 15.2 Å². The monoisotopic (exact) mass is 217 g/mol. The van der Waals surface area contributed by atoms with Crippen LogP contribution in [0, 0.1) is 6.08 Å². The van der Waals surface area contributed by atoms with Gasteiger partial charge in [0.15, 0.2) is 5.65 Å². The van der Waals surface area contributed by atoms with Gasteiger partial charge in [-0.1, -0.05) is 0 Å². The second-order valence-corrected chi connectivity index (χ2v) is 3.88. The molecule has 0 aliphatic heterocycles. The molecule has 7 nitrogen and oxygen atoms in total. The first-order valence-electron chi connectivity index (χ1n) is 3.38. The Morgan fingerprint density at radius 1 is 1.50 bits per heavy atom. The van der Waals surface area contributed by atoms with Crippen LogP contribution in [0.15, 0.2) is 17.4 Å². The molecule has 0 aromatic carbocycles. The highest BCUT2D eigenvalue weighted by Gasteiger charge is 2.16. The van der Waals surface area contributed by atoms with Crippen LogP contribution in [0.25, 0.3) is 5.65 Å². The Morgan fingerprint density at radius 3 is 2.79 bits per heavy atom. The third kappa shape index (κ3) is 1.32. The van der Waals surface area contributed by atoms with E-state index >= 15 is 0 Å². The van der Waals surface area contributed by atoms with E-state index < -0.39 is 21.3 Å². The topological polar surface area (TPSA) is 103 Å². The third-order valence-electron chi connectivity index (χ3n) is 1.45. The van der Waals surface area contributed by atoms with Crippen LogP contribution < -0.4 is 5.14 Å². The summed E-state index contributed by atoms with van der Waals surface area (Å²) in [5.74, 6) is 0. The highest BCUT2D eigenvalue weighted by atomic mass is 32.2. The van der Waals surface area contributed by atoms with Crippen LogP contribution in [-0.4, -0.2) is 28.0 Å². The molecule has 0 atom stereocenters. The number of halogens is 1. The van der Waals surface area contributed by atoms with Crippen LogP contribution in [0.5, 0.6) is 0 Å². The molecule has 2 aromatic heterocycles. The number of rotatable bonds is 1. The predicted molar refractivity (Wildman–Crippen MR) is 42.1 cm³/mol. The first-order valence-corrected chi connectivity index (χ1v) is 4.93. The number of nitrogens with zero attached hydrogens (tertiary/aromatic N) is 4. The van der Waals surface area contributed by atoms with Crippen LogP contribution in [0.2, 0.25) is 0 Å². The summed E-state index contributed by atoms with van der Waals surface area (Å²) < 4.78 is 35.2. The molecule has 0 saturated carbocycles. The van der Waals surface area contributed by atoms with E-state index in [0.29, 0.717) is 4.52 Å². The zero-order chi connectivity index (χ0) is 10.3. The Hall–Kier alpha value is -1.61. The van der Waals surface area contributed by atoms with Gasteiger partial charge in [0.1, 0.15) is 0 Å². The molecule has 0 fully saturated rings. The van der Waals surface area contributed by atoms with Crippen LogP contribution in [0.3, 0.4) is 0 Å². The van der Waals surface area contributed by atoms with Crippen LogP contribution >= 0.6 is 0 Å². The quantitative estimate of drug-likeness (QED) is 0.611. The summed E-state index contributed by atoms with van der Waals surface area (Å²) in [4.78, 5) is 6.76. The summed E-state index contributed by atoms with van der Waals surface area (Å²) >= 11 is 0. The molecule has 9 heteroatoms. The van der Waals surface area contributed by atoms with E-state index in [1.54, 1.807) is 0 Å². The van der Waals surface area contributed by atoms with E-state index in [-0.39, 0.29) is 5.65 Å². The van der Waals surface area contributed by atoms with Crippen molar-refractivity contribution in [1.29, 1.82) is 0 Å². The van der Waals surface area contributed by atoms with Crippen molar-refractivity contribution in [2.24, 2.45) is 5.14 Å². The summed E-state index contributed by atoms with van der Waals surface area (Å²) in [6.45, 7) is 0. The minimum Gasteiger partial charge on any atom is -0.222 e. The Morgan fingerprint density at radius 2 is 2.21 bits per heavy atom. The van der Waals surface area contributed by atoms with Gasteiger partial charge in [-0.05, 0) is 0 Å². The normalized spacial score (nSPS) is 12.1. The van der Waals surface area contributed by atoms with E-state index in [1.165, 1.54) is 6.07 Å². The molecule has 0 bridgehead atoms. The maximum absolute atomic E-state index is 12.9. The highest BCUT2D eigenvalue weighted by molar-refractivity contribution is 7.89. The molecule has 2 aromatic rings. The molecular weight excluding hydrogens is 213 g/mol. The average Bonchev–Trinajstić information content (AvgIpc) is 2.48. The van der Waals surface area contributed by atoms with E-state index in [0.717, 1.165) is 6.20 Å². The second-order valence-electron chi connectivity index (χ2n) is 2.42. The van der Waals surface area contributed by atoms with Crippen molar-refractivity contribution in [3.8, 4) is 0 Å². The van der Waals surface area contributed by atoms with Crippen molar-refractivity contribution in [1.82, 2.24) is 19.6 Å². The Bertz CT molecular complexity index is 591. The number of hydrogen-bond donors (Lipinski definition) is 1. The summed E-state index contributed by atoms with van der Waals surface area (Å²) in [6.07, 6.45) is 0.191. The zero-order valence-electron chi connectivity index (χ0n) is 6.62. The first kappa shape index (κ1) is 8.97. The number of fused-ring (bicyclic) bond motifs is 1. The predicted octanol–water partition coefficient (Wildman–Crippen LogP) is -1.09. The number of nitrogens with two attached hydrogens (primary N) is 1. The second kappa shape index (κ2) is 2.69. The minimum atomic E-state index is -4.02. The van der Waals surface area contributed by atoms with Crippen molar-refractivity contribution in [3.05, 3.63) is 18.3 Å². The SMILES string of the molecule is NS(=O)(=O)c1nc2ccnc(F)n2n1. The molecule has 0 unspecified atom stereocenters. The molecule has 2 N–H and O–H groups in total. The lowest BCUT2D eigenvalue weighted by atomic mass is 10.6. The average molecular weight is 217 g/mol. The van der Waals surface area contributed by atoms with Crippen molar-refractivity contribution >= 4 is 15.7 Å². The number of sulfonamides is 1. The van der Waals surface area contributed by atoms with Crippen molar-refractivity contribution in [3.63, 3.8) is 0 Å². The van der Waals surface area contributed by atoms with E-state index in [9.17, 15) is 12.8 Å². The molecule has 0 amide bonds. The molecule has 0 aliphatic rings. The maximum atomic E-state index is 12.9. The lowest BCUT2D eigenvalue weighted by Crippen LogP contribution is -2.14. The Balaban J connectivity index is 2.81. The van der Waals surface area contributed by atoms with Gasteiger partial charge < -0.3 is 0 Å². The third-order valence-corrected chi connectivity index (χ3v) is 2.13. The molecule has 2 rings (SSSR count). The number of hydrogen-bond acceptors (Lipinski definition) is 5. The molecular formula is C5H4FN5O2S. The van der Waals surface area contributed by atoms with E-state index in [4.69, 9.17) is 5.14 Å². The van der Waals surface area contributed by atoms with Gasteiger partial charge in [0.05, 0.1) is 0 Å². The number of aromatic nitrogens is 4. The standard InChI is InChI=1S/C5H4FN5O2S/c6-4-8-2-1-3-9-5(10-11(3)4)14(7,12)13/h1-2H,(H2,7,12,13). The van der Waals surface area contributed by atoms with Crippen LogP contribution in [0.1, 0.15) is 0 Å². The van der Waals surface area contributed by atoms with Gasteiger partial charge in [-0.25, -0.2) is 18.5 Å². The van der Waals surface area contributed by atoms with E-state index in [1.807, 2.05) is 0 Å². The largest absolute Gasteiger partial charge is 0.311 e. The number of primary sulfonamides is 1. The molecule has 74 valence electrons. The summed E-state index contributed by atoms with van der Waals surface area (Å²) in [5, 5.41) is 7.47. The lowest BCUT2D eigenvalue weighted by molar-refractivity contribution is 0.497. The summed E-state index contributed by atoms with van der Waals surface area (Å²) in [6, 6.07) is 1.31. The summed E-state index contributed by atoms with van der Waals surface area (Å²) in [7, 11) is -4.02. The molecule has 0 saturated heterocycles. The van der Waals surface area contributed by atoms with Crippen molar-refractivity contribution in [2.45, 2.75) is 5.16 Å². The molecule has 2 heterocycles. The van der Waals surface area contributed by atoms with Gasteiger partial charge in [0, 0.05) is 12.3 Å². The highest BCUT2D eigenvalue weighted by Crippen LogP contribution is 2.04. The fraction of sp³-hybridized carbons (Fsp3) is 0. The van der Waals surface area contributed by atoms with Gasteiger partial charge in [-0.3, -0.25) is 0 Å². The molecule has 0 radical (unpaired) electrons. The van der Waals surface area contributed by atoms with Gasteiger partial charge in [-0.15, -0.1) is 5.10 Å². The Kier molecular flexibility index (Phi) is 1.72. The van der Waals surface area contributed by atoms with Gasteiger partial charge >= 0.3 is 6.08 Å². The lowest BCUT2D eigenvalue weighted by Gasteiger charge is -1.88. The molecule has 14 heavy (non-hydrogen) atoms. The zero-order valence-corrected chi connectivity index (χ0v) is 7.44. The molecule has 0 spiro atoms. The van der Waals surface area contributed by atoms with Crippen LogP contribution in [-0.2, 0) is 10.0 Å². The maximum Gasteiger partial charge on any atom is 0.311 e. The van der Waals surface area contributed by atoms with Crippen molar-refractivity contribution < 1.29 is 12.8 Å². The van der Waals surface area contributed by atoms with Gasteiger partial charge in [-0.2, -0.15) is 13.9 Å².